The first kappa shape index (κ1) is 32.7. The lowest BCUT2D eigenvalue weighted by atomic mass is 10.0. The van der Waals surface area contributed by atoms with E-state index in [4.69, 9.17) is 4.42 Å². The van der Waals surface area contributed by atoms with E-state index in [1.165, 1.54) is 0 Å². The van der Waals surface area contributed by atoms with Crippen molar-refractivity contribution in [1.82, 2.24) is 13.7 Å². The second kappa shape index (κ2) is 12.3. The second-order valence-corrected chi connectivity index (χ2v) is 15.5. The molecule has 4 aromatic heterocycles. The predicted octanol–water partition coefficient (Wildman–Crippen LogP) is 15.1. The van der Waals surface area contributed by atoms with Crippen molar-refractivity contribution in [3.8, 4) is 28.2 Å². The molecule has 0 unspecified atom stereocenters. The van der Waals surface area contributed by atoms with E-state index in [2.05, 4.69) is 207 Å². The Morgan fingerprint density at radius 3 is 1.13 bits per heavy atom. The third-order valence-electron chi connectivity index (χ3n) is 12.4. The van der Waals surface area contributed by atoms with Crippen molar-refractivity contribution in [2.45, 2.75) is 0 Å². The largest absolute Gasteiger partial charge is 0.455 e. The monoisotopic (exact) mass is 764 g/mol. The molecule has 0 aliphatic carbocycles. The molecular weight excluding hydrogens is 733 g/mol. The van der Waals surface area contributed by atoms with Crippen LogP contribution in [0.1, 0.15) is 0 Å². The van der Waals surface area contributed by atoms with Gasteiger partial charge in [0, 0.05) is 48.7 Å². The van der Waals surface area contributed by atoms with Gasteiger partial charge in [0.15, 0.2) is 5.58 Å². The number of fused-ring (bicyclic) bond motifs is 12. The number of hydrogen-bond donors (Lipinski definition) is 0. The highest BCUT2D eigenvalue weighted by molar-refractivity contribution is 6.24. The topological polar surface area (TPSA) is 32.3 Å². The molecule has 0 fully saturated rings. The minimum absolute atomic E-state index is 0.529. The first-order valence-electron chi connectivity index (χ1n) is 20.2. The fourth-order valence-electron chi connectivity index (χ4n) is 10.0. The van der Waals surface area contributed by atoms with Crippen molar-refractivity contribution in [2.24, 2.45) is 0 Å². The highest BCUT2D eigenvalue weighted by atomic mass is 16.3. The van der Waals surface area contributed by atoms with Crippen LogP contribution in [0, 0.1) is 6.57 Å². The summed E-state index contributed by atoms with van der Waals surface area (Å²) in [5.74, 6) is 0. The number of hydrogen-bond acceptors (Lipinski definition) is 1. The number of para-hydroxylation sites is 7. The first-order chi connectivity index (χ1) is 29.8. The van der Waals surface area contributed by atoms with Gasteiger partial charge in [-0.2, -0.15) is 0 Å². The predicted molar refractivity (Wildman–Crippen MR) is 248 cm³/mol. The Hall–Kier alpha value is -8.33. The summed E-state index contributed by atoms with van der Waals surface area (Å²) >= 11 is 0. The number of benzene rings is 9. The van der Waals surface area contributed by atoms with E-state index in [9.17, 15) is 6.57 Å². The van der Waals surface area contributed by atoms with E-state index in [0.29, 0.717) is 11.3 Å². The fourth-order valence-corrected chi connectivity index (χ4v) is 10.0. The molecular formula is C55H32N4O. The maximum absolute atomic E-state index is 9.33. The Morgan fingerprint density at radius 1 is 0.333 bits per heavy atom. The van der Waals surface area contributed by atoms with Crippen LogP contribution in [0.25, 0.3) is 120 Å². The van der Waals surface area contributed by atoms with Gasteiger partial charge in [-0.1, -0.05) is 158 Å². The molecule has 4 heterocycles. The summed E-state index contributed by atoms with van der Waals surface area (Å²) in [6, 6.07) is 68.4. The van der Waals surface area contributed by atoms with Crippen LogP contribution in [0.4, 0.5) is 5.69 Å². The zero-order chi connectivity index (χ0) is 39.5. The smallest absolute Gasteiger partial charge is 0.224 e. The molecule has 13 rings (SSSR count). The molecule has 0 atom stereocenters. The molecule has 0 N–H and O–H groups in total. The quantitative estimate of drug-likeness (QED) is 0.164. The summed E-state index contributed by atoms with van der Waals surface area (Å²) in [5, 5.41) is 8.49. The molecule has 0 spiro atoms. The lowest BCUT2D eigenvalue weighted by molar-refractivity contribution is 0.667. The minimum atomic E-state index is 0.529. The summed E-state index contributed by atoms with van der Waals surface area (Å²) in [7, 11) is 0. The standard InChI is InChI=1S/C55H32N4O/c1-56-50-49-42-27-17-26-35(34-18-3-2-4-19-34)54(42)60-55(49)53(59-47-32-15-9-24-40(47)41-25-10-16-33-48(41)59)52(58-45-30-13-7-22-38(45)39-23-8-14-31-46(39)58)51(50)57-43-28-11-5-20-36(43)37-21-6-12-29-44(37)57/h2-33H. The van der Waals surface area contributed by atoms with Crippen LogP contribution < -0.4 is 0 Å². The van der Waals surface area contributed by atoms with Crippen LogP contribution in [-0.2, 0) is 0 Å². The van der Waals surface area contributed by atoms with Crippen LogP contribution in [0.2, 0.25) is 0 Å². The van der Waals surface area contributed by atoms with E-state index in [1.54, 1.807) is 0 Å². The number of rotatable bonds is 4. The summed E-state index contributed by atoms with van der Waals surface area (Å²) in [6.45, 7) is 9.33. The molecule has 0 bridgehead atoms. The molecule has 9 aromatic carbocycles. The lowest BCUT2D eigenvalue weighted by Gasteiger charge is -2.24. The van der Waals surface area contributed by atoms with Crippen LogP contribution >= 0.6 is 0 Å². The van der Waals surface area contributed by atoms with Gasteiger partial charge in [-0.15, -0.1) is 0 Å². The van der Waals surface area contributed by atoms with Crippen molar-refractivity contribution in [3.05, 3.63) is 206 Å². The van der Waals surface area contributed by atoms with Gasteiger partial charge in [-0.05, 0) is 42.0 Å². The fraction of sp³-hybridized carbons (Fsp3) is 0. The summed E-state index contributed by atoms with van der Waals surface area (Å²) < 4.78 is 14.6. The summed E-state index contributed by atoms with van der Waals surface area (Å²) in [4.78, 5) is 4.62. The lowest BCUT2D eigenvalue weighted by Crippen LogP contribution is -2.10. The maximum atomic E-state index is 9.33. The highest BCUT2D eigenvalue weighted by Gasteiger charge is 2.33. The molecule has 0 saturated heterocycles. The van der Waals surface area contributed by atoms with Gasteiger partial charge in [0.1, 0.15) is 11.3 Å². The highest BCUT2D eigenvalue weighted by Crippen LogP contribution is 2.53. The van der Waals surface area contributed by atoms with E-state index in [0.717, 1.165) is 110 Å². The molecule has 278 valence electrons. The van der Waals surface area contributed by atoms with E-state index in [-0.39, 0.29) is 0 Å². The Kier molecular flexibility index (Phi) is 6.73. The molecule has 0 amide bonds. The molecule has 13 aromatic rings. The minimum Gasteiger partial charge on any atom is -0.455 e. The maximum Gasteiger partial charge on any atom is 0.224 e. The van der Waals surface area contributed by atoms with Crippen molar-refractivity contribution in [2.75, 3.05) is 0 Å². The van der Waals surface area contributed by atoms with Crippen molar-refractivity contribution in [3.63, 3.8) is 0 Å². The average molecular weight is 765 g/mol. The Bertz CT molecular complexity index is 3800. The van der Waals surface area contributed by atoms with Crippen LogP contribution in [0.3, 0.4) is 0 Å². The van der Waals surface area contributed by atoms with Gasteiger partial charge in [0.25, 0.3) is 0 Å². The van der Waals surface area contributed by atoms with Crippen molar-refractivity contribution in [1.29, 1.82) is 0 Å². The third-order valence-corrected chi connectivity index (χ3v) is 12.4. The summed E-state index contributed by atoms with van der Waals surface area (Å²) in [5.41, 5.74) is 12.7. The third kappa shape index (κ3) is 4.29. The van der Waals surface area contributed by atoms with Gasteiger partial charge in [0.05, 0.1) is 51.0 Å². The number of furan rings is 1. The number of nitrogens with zero attached hydrogens (tertiary/aromatic N) is 4. The van der Waals surface area contributed by atoms with Gasteiger partial charge < -0.3 is 18.1 Å². The van der Waals surface area contributed by atoms with E-state index < -0.39 is 0 Å². The van der Waals surface area contributed by atoms with Crippen LogP contribution in [-0.4, -0.2) is 13.7 Å². The molecule has 0 aliphatic heterocycles. The average Bonchev–Trinajstić information content (AvgIpc) is 4.05. The molecule has 0 aliphatic rings. The van der Waals surface area contributed by atoms with Crippen molar-refractivity contribution >= 4 is 93.0 Å². The number of aromatic nitrogens is 3. The van der Waals surface area contributed by atoms with Crippen molar-refractivity contribution < 1.29 is 4.42 Å². The van der Waals surface area contributed by atoms with Gasteiger partial charge in [-0.25, -0.2) is 4.85 Å². The summed E-state index contributed by atoms with van der Waals surface area (Å²) in [6.07, 6.45) is 0. The molecule has 5 heteroatoms. The van der Waals surface area contributed by atoms with Gasteiger partial charge in [-0.3, -0.25) is 0 Å². The van der Waals surface area contributed by atoms with E-state index in [1.807, 2.05) is 6.07 Å². The Morgan fingerprint density at radius 2 is 0.700 bits per heavy atom. The normalized spacial score (nSPS) is 12.0. The Balaban J connectivity index is 1.39. The molecule has 0 saturated carbocycles. The zero-order valence-electron chi connectivity index (χ0n) is 32.2. The molecule has 0 radical (unpaired) electrons. The first-order valence-corrected chi connectivity index (χ1v) is 20.2. The van der Waals surface area contributed by atoms with Crippen LogP contribution in [0.15, 0.2) is 199 Å². The zero-order valence-corrected chi connectivity index (χ0v) is 32.2. The SMILES string of the molecule is [C-]#[N+]c1c(-n2c3ccccc3c3ccccc32)c(-n2c3ccccc3c3ccccc32)c(-n2c3ccccc3c3ccccc32)c2oc3c(-c4ccccc4)cccc3c12. The van der Waals surface area contributed by atoms with E-state index >= 15 is 0 Å². The van der Waals surface area contributed by atoms with Gasteiger partial charge in [0.2, 0.25) is 5.69 Å². The van der Waals surface area contributed by atoms with Gasteiger partial charge >= 0.3 is 0 Å². The second-order valence-electron chi connectivity index (χ2n) is 15.5. The molecule has 5 nitrogen and oxygen atoms in total. The molecule has 60 heavy (non-hydrogen) atoms. The Labute approximate surface area is 343 Å². The van der Waals surface area contributed by atoms with Crippen LogP contribution in [0.5, 0.6) is 0 Å².